The molecular weight excluding hydrogens is 368 g/mol. The Bertz CT molecular complexity index is 980. The highest BCUT2D eigenvalue weighted by Crippen LogP contribution is 2.30. The second-order valence-corrected chi connectivity index (χ2v) is 7.83. The Hall–Kier alpha value is -2.42. The van der Waals surface area contributed by atoms with Crippen molar-refractivity contribution in [2.24, 2.45) is 0 Å². The van der Waals surface area contributed by atoms with Gasteiger partial charge in [-0.15, -0.1) is 11.3 Å². The number of thiazole rings is 1. The number of carbonyl (C=O) groups is 1. The maximum atomic E-state index is 12.8. The van der Waals surface area contributed by atoms with E-state index in [-0.39, 0.29) is 12.5 Å². The molecule has 0 saturated carbocycles. The van der Waals surface area contributed by atoms with Crippen molar-refractivity contribution in [2.75, 3.05) is 13.2 Å². The van der Waals surface area contributed by atoms with Gasteiger partial charge in [-0.05, 0) is 32.0 Å². The molecule has 4 rings (SSSR count). The number of fused-ring (bicyclic) bond motifs is 1. The molecule has 0 bridgehead atoms. The fraction of sp³-hybridized carbons (Fsp3) is 0.368. The fourth-order valence-electron chi connectivity index (χ4n) is 3.12. The number of carbonyl (C=O) groups excluding carboxylic acids is 1. The summed E-state index contributed by atoms with van der Waals surface area (Å²) in [6.07, 6.45) is 1.10. The first kappa shape index (κ1) is 18.0. The number of nitrogens with one attached hydrogen (secondary N) is 1. The fourth-order valence-corrected chi connectivity index (χ4v) is 3.83. The number of hydrogen-bond donors (Lipinski definition) is 2. The van der Waals surface area contributed by atoms with E-state index < -0.39 is 12.1 Å². The lowest BCUT2D eigenvalue weighted by Gasteiger charge is -2.14. The maximum Gasteiger partial charge on any atom is 0.255 e. The van der Waals surface area contributed by atoms with Crippen LogP contribution in [0.5, 0.6) is 5.75 Å². The molecule has 2 aromatic heterocycles. The lowest BCUT2D eigenvalue weighted by atomic mass is 10.1. The highest BCUT2D eigenvalue weighted by Gasteiger charge is 2.29. The van der Waals surface area contributed by atoms with Gasteiger partial charge in [0.1, 0.15) is 23.7 Å². The maximum absolute atomic E-state index is 12.8. The smallest absolute Gasteiger partial charge is 0.255 e. The summed E-state index contributed by atoms with van der Waals surface area (Å²) in [6.45, 7) is 4.64. The number of aliphatic hydroxyl groups is 1. The van der Waals surface area contributed by atoms with Gasteiger partial charge in [-0.3, -0.25) is 4.79 Å². The zero-order chi connectivity index (χ0) is 19.0. The molecule has 27 heavy (non-hydrogen) atoms. The summed E-state index contributed by atoms with van der Waals surface area (Å²) in [5.41, 5.74) is 1.06. The zero-order valence-corrected chi connectivity index (χ0v) is 15.8. The van der Waals surface area contributed by atoms with Gasteiger partial charge in [-0.2, -0.15) is 0 Å². The van der Waals surface area contributed by atoms with Crippen LogP contribution in [-0.4, -0.2) is 41.4 Å². The van der Waals surface area contributed by atoms with E-state index in [0.29, 0.717) is 41.3 Å². The van der Waals surface area contributed by atoms with E-state index in [9.17, 15) is 9.90 Å². The molecule has 0 radical (unpaired) electrons. The molecule has 2 N–H and O–H groups in total. The van der Waals surface area contributed by atoms with Crippen LogP contribution in [0, 0.1) is 13.8 Å². The van der Waals surface area contributed by atoms with E-state index in [2.05, 4.69) is 10.3 Å². The van der Waals surface area contributed by atoms with Crippen LogP contribution in [0.3, 0.4) is 0 Å². The van der Waals surface area contributed by atoms with Crippen molar-refractivity contribution in [1.82, 2.24) is 10.3 Å². The van der Waals surface area contributed by atoms with Crippen molar-refractivity contribution >= 4 is 28.2 Å². The summed E-state index contributed by atoms with van der Waals surface area (Å²) in [4.78, 5) is 18.0. The number of aromatic nitrogens is 1. The van der Waals surface area contributed by atoms with Gasteiger partial charge in [-0.25, -0.2) is 4.98 Å². The summed E-state index contributed by atoms with van der Waals surface area (Å²) in [5.74, 6) is 0.870. The van der Waals surface area contributed by atoms with Crippen molar-refractivity contribution in [3.05, 3.63) is 45.6 Å². The summed E-state index contributed by atoms with van der Waals surface area (Å²) in [6, 6.07) is 4.99. The number of aryl methyl sites for hydroxylation is 2. The van der Waals surface area contributed by atoms with Gasteiger partial charge in [0, 0.05) is 11.6 Å². The van der Waals surface area contributed by atoms with Crippen LogP contribution >= 0.6 is 11.3 Å². The Kier molecular flexibility index (Phi) is 4.86. The Balaban J connectivity index is 1.56. The standard InChI is InChI=1S/C19H20N2O5S/c1-10-18(19(23)21-15-8-24-9-16(15)22)14-5-12(3-4-17(14)26-10)25-7-13-6-20-11(2)27-13/h3-6,15-16,22H,7-9H2,1-2H3,(H,21,23)/t15-,16+/m1/s1. The van der Waals surface area contributed by atoms with E-state index >= 15 is 0 Å². The van der Waals surface area contributed by atoms with E-state index in [1.54, 1.807) is 36.6 Å². The average molecular weight is 388 g/mol. The molecule has 1 aliphatic rings. The van der Waals surface area contributed by atoms with Crippen molar-refractivity contribution in [1.29, 1.82) is 0 Å². The molecule has 0 aliphatic carbocycles. The van der Waals surface area contributed by atoms with Crippen LogP contribution in [0.25, 0.3) is 11.0 Å². The number of hydrogen-bond acceptors (Lipinski definition) is 7. The zero-order valence-electron chi connectivity index (χ0n) is 15.0. The van der Waals surface area contributed by atoms with Gasteiger partial charge < -0.3 is 24.3 Å². The summed E-state index contributed by atoms with van der Waals surface area (Å²) < 4.78 is 16.7. The molecule has 3 heterocycles. The number of aliphatic hydroxyl groups excluding tert-OH is 1. The molecule has 2 atom stereocenters. The predicted molar refractivity (Wildman–Crippen MR) is 100 cm³/mol. The molecule has 7 nitrogen and oxygen atoms in total. The number of benzene rings is 1. The third kappa shape index (κ3) is 3.69. The molecule has 3 aromatic rings. The van der Waals surface area contributed by atoms with Crippen molar-refractivity contribution in [3.63, 3.8) is 0 Å². The van der Waals surface area contributed by atoms with E-state index in [0.717, 1.165) is 9.88 Å². The first-order valence-corrected chi connectivity index (χ1v) is 9.47. The highest BCUT2D eigenvalue weighted by atomic mass is 32.1. The third-order valence-corrected chi connectivity index (χ3v) is 5.37. The van der Waals surface area contributed by atoms with Crippen molar-refractivity contribution in [3.8, 4) is 5.75 Å². The van der Waals surface area contributed by atoms with Crippen molar-refractivity contribution < 1.29 is 23.8 Å². The normalized spacial score (nSPS) is 19.5. The minimum Gasteiger partial charge on any atom is -0.488 e. The largest absolute Gasteiger partial charge is 0.488 e. The van der Waals surface area contributed by atoms with E-state index in [1.807, 2.05) is 13.0 Å². The van der Waals surface area contributed by atoms with Crippen LogP contribution in [0.4, 0.5) is 0 Å². The van der Waals surface area contributed by atoms with Crippen LogP contribution in [0.2, 0.25) is 0 Å². The van der Waals surface area contributed by atoms with E-state index in [4.69, 9.17) is 13.9 Å². The second-order valence-electron chi connectivity index (χ2n) is 6.51. The first-order valence-electron chi connectivity index (χ1n) is 8.65. The molecule has 1 fully saturated rings. The molecule has 1 aliphatic heterocycles. The van der Waals surface area contributed by atoms with Gasteiger partial charge in [0.2, 0.25) is 0 Å². The molecule has 142 valence electrons. The van der Waals surface area contributed by atoms with Gasteiger partial charge in [0.05, 0.1) is 40.8 Å². The van der Waals surface area contributed by atoms with Crippen LogP contribution in [0.1, 0.15) is 26.0 Å². The minimum atomic E-state index is -0.700. The molecule has 8 heteroatoms. The van der Waals surface area contributed by atoms with Crippen molar-refractivity contribution in [2.45, 2.75) is 32.6 Å². The summed E-state index contributed by atoms with van der Waals surface area (Å²) >= 11 is 1.59. The van der Waals surface area contributed by atoms with Crippen LogP contribution in [0.15, 0.2) is 28.8 Å². The SMILES string of the molecule is Cc1ncc(COc2ccc3oc(C)c(C(=O)N[C@@H]4COC[C@@H]4O)c3c2)s1. The molecule has 1 amide bonds. The lowest BCUT2D eigenvalue weighted by molar-refractivity contribution is 0.0886. The Labute approximate surface area is 159 Å². The Morgan fingerprint density at radius 1 is 1.41 bits per heavy atom. The predicted octanol–water partition coefficient (Wildman–Crippen LogP) is 2.57. The average Bonchev–Trinajstić information content (AvgIpc) is 3.31. The number of ether oxygens (including phenoxy) is 2. The van der Waals surface area contributed by atoms with Gasteiger partial charge in [0.25, 0.3) is 5.91 Å². The highest BCUT2D eigenvalue weighted by molar-refractivity contribution is 7.11. The van der Waals surface area contributed by atoms with Crippen LogP contribution in [-0.2, 0) is 11.3 Å². The lowest BCUT2D eigenvalue weighted by Crippen LogP contribution is -2.42. The topological polar surface area (TPSA) is 93.8 Å². The van der Waals surface area contributed by atoms with Crippen LogP contribution < -0.4 is 10.1 Å². The quantitative estimate of drug-likeness (QED) is 0.698. The molecule has 0 unspecified atom stereocenters. The number of nitrogens with zero attached hydrogens (tertiary/aromatic N) is 1. The molecular formula is C19H20N2O5S. The van der Waals surface area contributed by atoms with Gasteiger partial charge >= 0.3 is 0 Å². The Morgan fingerprint density at radius 2 is 2.26 bits per heavy atom. The molecule has 0 spiro atoms. The molecule has 1 saturated heterocycles. The Morgan fingerprint density at radius 3 is 2.96 bits per heavy atom. The first-order chi connectivity index (χ1) is 13.0. The second kappa shape index (κ2) is 7.30. The third-order valence-electron chi connectivity index (χ3n) is 4.48. The summed E-state index contributed by atoms with van der Waals surface area (Å²) in [7, 11) is 0. The van der Waals surface area contributed by atoms with Gasteiger partial charge in [0.15, 0.2) is 0 Å². The van der Waals surface area contributed by atoms with E-state index in [1.165, 1.54) is 0 Å². The number of amides is 1. The minimum absolute atomic E-state index is 0.227. The number of rotatable bonds is 5. The summed E-state index contributed by atoms with van der Waals surface area (Å²) in [5, 5.41) is 14.3. The monoisotopic (exact) mass is 388 g/mol. The number of furan rings is 1. The van der Waals surface area contributed by atoms with Gasteiger partial charge in [-0.1, -0.05) is 0 Å². The molecule has 1 aromatic carbocycles.